The summed E-state index contributed by atoms with van der Waals surface area (Å²) in [5, 5.41) is 16.2. The van der Waals surface area contributed by atoms with Crippen molar-refractivity contribution in [1.29, 1.82) is 0 Å². The van der Waals surface area contributed by atoms with Gasteiger partial charge in [-0.1, -0.05) is 11.3 Å². The molecule has 0 saturated carbocycles. The molecule has 0 aliphatic carbocycles. The van der Waals surface area contributed by atoms with Crippen molar-refractivity contribution in [2.75, 3.05) is 51.3 Å². The summed E-state index contributed by atoms with van der Waals surface area (Å²) in [5.41, 5.74) is 1.15. The Morgan fingerprint density at radius 2 is 2.00 bits per heavy atom. The number of nitrogens with zero attached hydrogens (tertiary/aromatic N) is 4. The van der Waals surface area contributed by atoms with Crippen LogP contribution >= 0.6 is 11.3 Å². The van der Waals surface area contributed by atoms with E-state index in [1.165, 1.54) is 11.3 Å². The van der Waals surface area contributed by atoms with E-state index in [0.717, 1.165) is 54.2 Å². The lowest BCUT2D eigenvalue weighted by Gasteiger charge is -2.26. The second kappa shape index (κ2) is 10.6. The lowest BCUT2D eigenvalue weighted by atomic mass is 10.1. The van der Waals surface area contributed by atoms with E-state index in [1.807, 2.05) is 19.1 Å². The molecule has 3 N–H and O–H groups in total. The Labute approximate surface area is 202 Å². The summed E-state index contributed by atoms with van der Waals surface area (Å²) in [7, 11) is 0. The zero-order chi connectivity index (χ0) is 24.1. The number of hydrogen-bond acceptors (Lipinski definition) is 9. The van der Waals surface area contributed by atoms with Crippen molar-refractivity contribution in [3.63, 3.8) is 0 Å². The summed E-state index contributed by atoms with van der Waals surface area (Å²) in [4.78, 5) is 27.5. The number of carbonyl (C=O) groups excluding carboxylic acids is 1. The molecule has 0 bridgehead atoms. The summed E-state index contributed by atoms with van der Waals surface area (Å²) in [6, 6.07) is 3.56. The summed E-state index contributed by atoms with van der Waals surface area (Å²) < 4.78 is 12.5. The second-order valence-corrected chi connectivity index (χ2v) is 9.51. The first-order chi connectivity index (χ1) is 16.3. The van der Waals surface area contributed by atoms with Crippen LogP contribution in [0.2, 0.25) is 0 Å². The maximum absolute atomic E-state index is 11.9. The Morgan fingerprint density at radius 3 is 2.68 bits per heavy atom. The number of thiazole rings is 1. The molecule has 0 radical (unpaired) electrons. The lowest BCUT2D eigenvalue weighted by Crippen LogP contribution is -2.38. The van der Waals surface area contributed by atoms with E-state index in [9.17, 15) is 9.90 Å². The number of hydrogen-bond donors (Lipinski definition) is 3. The van der Waals surface area contributed by atoms with Crippen LogP contribution in [0.4, 0.5) is 9.93 Å². The maximum atomic E-state index is 11.9. The number of amides is 2. The average Bonchev–Trinajstić information content (AvgIpc) is 3.20. The number of nitrogens with one attached hydrogen (secondary N) is 2. The first-order valence-corrected chi connectivity index (χ1v) is 12.1. The summed E-state index contributed by atoms with van der Waals surface area (Å²) in [6.45, 7) is 10.3. The van der Waals surface area contributed by atoms with Crippen molar-refractivity contribution in [3.05, 3.63) is 30.4 Å². The minimum atomic E-state index is -1.13. The van der Waals surface area contributed by atoms with Gasteiger partial charge in [0.15, 0.2) is 11.0 Å². The van der Waals surface area contributed by atoms with Crippen molar-refractivity contribution in [3.8, 4) is 16.9 Å². The van der Waals surface area contributed by atoms with Gasteiger partial charge < -0.3 is 19.9 Å². The topological polar surface area (TPSA) is 122 Å². The van der Waals surface area contributed by atoms with Crippen molar-refractivity contribution >= 4 is 32.7 Å². The highest BCUT2D eigenvalue weighted by Crippen LogP contribution is 2.37. The number of urea groups is 1. The molecule has 2 amide bonds. The van der Waals surface area contributed by atoms with Crippen LogP contribution in [0.3, 0.4) is 0 Å². The number of carbonyl (C=O) groups is 1. The van der Waals surface area contributed by atoms with Gasteiger partial charge in [0.25, 0.3) is 0 Å². The monoisotopic (exact) mass is 486 g/mol. The Balaban J connectivity index is 1.62. The van der Waals surface area contributed by atoms with Gasteiger partial charge in [0.05, 0.1) is 23.4 Å². The van der Waals surface area contributed by atoms with Crippen molar-refractivity contribution in [2.45, 2.75) is 26.4 Å². The highest BCUT2D eigenvalue weighted by Gasteiger charge is 2.20. The number of ether oxygens (including phenoxy) is 2. The van der Waals surface area contributed by atoms with Crippen molar-refractivity contribution in [1.82, 2.24) is 25.2 Å². The third kappa shape index (κ3) is 5.98. The molecule has 2 aromatic heterocycles. The molecule has 182 valence electrons. The van der Waals surface area contributed by atoms with E-state index >= 15 is 0 Å². The molecule has 0 unspecified atom stereocenters. The third-order valence-corrected chi connectivity index (χ3v) is 6.26. The van der Waals surface area contributed by atoms with E-state index in [1.54, 1.807) is 26.2 Å². The number of aliphatic hydroxyl groups is 1. The summed E-state index contributed by atoms with van der Waals surface area (Å²) >= 11 is 1.38. The number of benzene rings is 1. The minimum absolute atomic E-state index is 0.292. The number of fused-ring (bicyclic) bond motifs is 1. The van der Waals surface area contributed by atoms with Crippen LogP contribution < -0.4 is 15.4 Å². The molecule has 1 aromatic carbocycles. The molecule has 3 heterocycles. The van der Waals surface area contributed by atoms with E-state index in [2.05, 4.69) is 30.5 Å². The molecule has 1 aliphatic heterocycles. The largest absolute Gasteiger partial charge is 0.492 e. The number of morpholine rings is 1. The van der Waals surface area contributed by atoms with Crippen LogP contribution in [0.15, 0.2) is 24.5 Å². The first-order valence-electron chi connectivity index (χ1n) is 11.3. The Morgan fingerprint density at radius 1 is 1.26 bits per heavy atom. The highest BCUT2D eigenvalue weighted by molar-refractivity contribution is 7.22. The van der Waals surface area contributed by atoms with Gasteiger partial charge in [-0.3, -0.25) is 10.2 Å². The second-order valence-electron chi connectivity index (χ2n) is 8.48. The van der Waals surface area contributed by atoms with E-state index < -0.39 is 5.60 Å². The van der Waals surface area contributed by atoms with Crippen LogP contribution in [0.1, 0.15) is 26.6 Å². The molecule has 1 fully saturated rings. The zero-order valence-electron chi connectivity index (χ0n) is 19.6. The van der Waals surface area contributed by atoms with E-state index in [0.29, 0.717) is 29.9 Å². The molecule has 4 rings (SSSR count). The number of rotatable bonds is 8. The fourth-order valence-corrected chi connectivity index (χ4v) is 4.42. The van der Waals surface area contributed by atoms with Crippen molar-refractivity contribution < 1.29 is 19.4 Å². The molecule has 34 heavy (non-hydrogen) atoms. The predicted molar refractivity (Wildman–Crippen MR) is 131 cm³/mol. The lowest BCUT2D eigenvalue weighted by molar-refractivity contribution is 0.0323. The zero-order valence-corrected chi connectivity index (χ0v) is 20.4. The van der Waals surface area contributed by atoms with Crippen molar-refractivity contribution in [2.24, 2.45) is 0 Å². The smallest absolute Gasteiger partial charge is 0.321 e. The summed E-state index contributed by atoms with van der Waals surface area (Å²) in [5.74, 6) is 1.03. The predicted octanol–water partition coefficient (Wildman–Crippen LogP) is 2.83. The Hall–Kier alpha value is -2.86. The fraction of sp³-hybridized carbons (Fsp3) is 0.478. The Kier molecular flexibility index (Phi) is 7.57. The standard InChI is InChI=1S/C23H30N6O4S/c1-4-24-21(30)28-22-27-17-11-16(15-13-25-20(26-14-15)23(2,3)31)18(12-19(17)34-22)33-10-7-29-5-8-32-9-6-29/h11-14,31H,4-10H2,1-3H3,(H2,24,27,28,30). The normalized spacial score (nSPS) is 14.8. The van der Waals surface area contributed by atoms with Crippen LogP contribution in [-0.2, 0) is 10.3 Å². The fourth-order valence-electron chi connectivity index (χ4n) is 3.55. The Bertz CT molecular complexity index is 1120. The van der Waals surface area contributed by atoms with Crippen LogP contribution in [0.5, 0.6) is 5.75 Å². The molecule has 10 nitrogen and oxygen atoms in total. The molecular formula is C23H30N6O4S. The molecule has 0 atom stereocenters. The SMILES string of the molecule is CCNC(=O)Nc1nc2cc(-c3cnc(C(C)(C)O)nc3)c(OCCN3CCOCC3)cc2s1. The average molecular weight is 487 g/mol. The summed E-state index contributed by atoms with van der Waals surface area (Å²) in [6.07, 6.45) is 3.35. The quantitative estimate of drug-likeness (QED) is 0.444. The molecule has 3 aromatic rings. The minimum Gasteiger partial charge on any atom is -0.492 e. The van der Waals surface area contributed by atoms with Gasteiger partial charge in [0.1, 0.15) is 18.0 Å². The first kappa shape index (κ1) is 24.3. The third-order valence-electron chi connectivity index (χ3n) is 5.33. The molecule has 11 heteroatoms. The van der Waals surface area contributed by atoms with Gasteiger partial charge in [0.2, 0.25) is 0 Å². The number of aromatic nitrogens is 3. The molecular weight excluding hydrogens is 456 g/mol. The maximum Gasteiger partial charge on any atom is 0.321 e. The molecule has 1 aliphatic rings. The van der Waals surface area contributed by atoms with E-state index in [4.69, 9.17) is 9.47 Å². The van der Waals surface area contributed by atoms with Crippen LogP contribution in [-0.4, -0.2) is 77.0 Å². The van der Waals surface area contributed by atoms with Gasteiger partial charge in [0, 0.05) is 55.8 Å². The van der Waals surface area contributed by atoms with Crippen LogP contribution in [0.25, 0.3) is 21.3 Å². The van der Waals surface area contributed by atoms with E-state index in [-0.39, 0.29) is 6.03 Å². The van der Waals surface area contributed by atoms with Gasteiger partial charge in [-0.05, 0) is 26.8 Å². The van der Waals surface area contributed by atoms with Gasteiger partial charge in [-0.25, -0.2) is 19.7 Å². The van der Waals surface area contributed by atoms with Crippen LogP contribution in [0, 0.1) is 0 Å². The molecule has 1 saturated heterocycles. The van der Waals surface area contributed by atoms with Gasteiger partial charge in [-0.2, -0.15) is 0 Å². The van der Waals surface area contributed by atoms with Gasteiger partial charge >= 0.3 is 6.03 Å². The highest BCUT2D eigenvalue weighted by atomic mass is 32.1. The number of anilines is 1. The van der Waals surface area contributed by atoms with Gasteiger partial charge in [-0.15, -0.1) is 0 Å². The molecule has 0 spiro atoms.